The van der Waals surface area contributed by atoms with Crippen LogP contribution in [0, 0.1) is 0 Å². The monoisotopic (exact) mass is 497 g/mol. The van der Waals surface area contributed by atoms with E-state index in [9.17, 15) is 13.2 Å². The van der Waals surface area contributed by atoms with Gasteiger partial charge < -0.3 is 4.90 Å². The van der Waals surface area contributed by atoms with E-state index in [-0.39, 0.29) is 10.8 Å². The quantitative estimate of drug-likeness (QED) is 0.346. The highest BCUT2D eigenvalue weighted by Crippen LogP contribution is 2.24. The lowest BCUT2D eigenvalue weighted by molar-refractivity contribution is -0.125. The lowest BCUT2D eigenvalue weighted by Crippen LogP contribution is -2.23. The largest absolute Gasteiger partial charge is 0.335 e. The lowest BCUT2D eigenvalue weighted by Gasteiger charge is -2.12. The van der Waals surface area contributed by atoms with Crippen LogP contribution in [0.2, 0.25) is 5.02 Å². The van der Waals surface area contributed by atoms with Gasteiger partial charge in [0.2, 0.25) is 5.91 Å². The minimum Gasteiger partial charge on any atom is -0.335 e. The Kier molecular flexibility index (Phi) is 6.78. The first kappa shape index (κ1) is 23.0. The number of nitrogens with one attached hydrogen (secondary N) is 1. The molecule has 1 N–H and O–H groups in total. The van der Waals surface area contributed by atoms with Crippen molar-refractivity contribution in [3.05, 3.63) is 94.5 Å². The van der Waals surface area contributed by atoms with Crippen LogP contribution >= 0.6 is 22.9 Å². The zero-order valence-corrected chi connectivity index (χ0v) is 20.0. The molecule has 0 bridgehead atoms. The third-order valence-corrected chi connectivity index (χ3v) is 7.55. The molecule has 0 atom stereocenters. The molecule has 0 saturated heterocycles. The van der Waals surface area contributed by atoms with Crippen LogP contribution in [0.1, 0.15) is 10.6 Å². The topological polar surface area (TPSA) is 79.4 Å². The van der Waals surface area contributed by atoms with E-state index < -0.39 is 10.0 Å². The molecule has 0 fully saturated rings. The molecule has 1 heterocycles. The van der Waals surface area contributed by atoms with E-state index in [4.69, 9.17) is 11.6 Å². The molecule has 0 aliphatic heterocycles. The Hall–Kier alpha value is -3.20. The van der Waals surface area contributed by atoms with Crippen LogP contribution in [0.4, 0.5) is 5.69 Å². The highest BCUT2D eigenvalue weighted by molar-refractivity contribution is 7.92. The third-order valence-electron chi connectivity index (χ3n) is 4.81. The molecular weight excluding hydrogens is 478 g/mol. The summed E-state index contributed by atoms with van der Waals surface area (Å²) in [5, 5.41) is 1.18. The molecule has 168 valence electrons. The van der Waals surface area contributed by atoms with Crippen molar-refractivity contribution in [3.8, 4) is 0 Å². The van der Waals surface area contributed by atoms with Gasteiger partial charge in [-0.25, -0.2) is 13.4 Å². The number of amides is 1. The van der Waals surface area contributed by atoms with Gasteiger partial charge in [0.1, 0.15) is 5.01 Å². The van der Waals surface area contributed by atoms with Gasteiger partial charge >= 0.3 is 0 Å². The molecule has 0 unspecified atom stereocenters. The number of carbonyl (C=O) groups excluding carboxylic acids is 1. The maximum atomic E-state index is 12.6. The summed E-state index contributed by atoms with van der Waals surface area (Å²) in [5.41, 5.74) is 1.94. The maximum absolute atomic E-state index is 12.6. The molecule has 0 aliphatic carbocycles. The van der Waals surface area contributed by atoms with Crippen molar-refractivity contribution in [2.75, 3.05) is 11.8 Å². The fraction of sp³-hybridized carbons (Fsp3) is 0.0833. The zero-order chi connectivity index (χ0) is 23.4. The first-order valence-corrected chi connectivity index (χ1v) is 12.6. The van der Waals surface area contributed by atoms with Crippen molar-refractivity contribution in [3.63, 3.8) is 0 Å². The van der Waals surface area contributed by atoms with E-state index >= 15 is 0 Å². The maximum Gasteiger partial charge on any atom is 0.261 e. The van der Waals surface area contributed by atoms with Crippen LogP contribution in [0.3, 0.4) is 0 Å². The highest BCUT2D eigenvalue weighted by atomic mass is 35.5. The molecular formula is C24H20ClN3O3S2. The van der Waals surface area contributed by atoms with Gasteiger partial charge in [0.15, 0.2) is 0 Å². The van der Waals surface area contributed by atoms with Gasteiger partial charge in [-0.1, -0.05) is 48.0 Å². The predicted octanol–water partition coefficient (Wildman–Crippen LogP) is 5.42. The van der Waals surface area contributed by atoms with Crippen molar-refractivity contribution >= 4 is 60.8 Å². The Morgan fingerprint density at radius 2 is 1.76 bits per heavy atom. The minimum absolute atomic E-state index is 0.0962. The Labute approximate surface area is 201 Å². The van der Waals surface area contributed by atoms with Gasteiger partial charge in [-0.15, -0.1) is 11.3 Å². The van der Waals surface area contributed by atoms with Crippen molar-refractivity contribution in [2.45, 2.75) is 11.4 Å². The lowest BCUT2D eigenvalue weighted by atomic mass is 10.2. The SMILES string of the molecule is CN(Cc1nc2ccccc2s1)C(=O)C=Cc1ccc(S(=O)(=O)Nc2ccccc2Cl)cc1. The minimum atomic E-state index is -3.78. The first-order chi connectivity index (χ1) is 15.8. The summed E-state index contributed by atoms with van der Waals surface area (Å²) in [6.45, 7) is 0.410. The fourth-order valence-corrected chi connectivity index (χ4v) is 5.41. The molecule has 3 aromatic carbocycles. The second kappa shape index (κ2) is 9.74. The van der Waals surface area contributed by atoms with Crippen LogP contribution in [-0.2, 0) is 21.4 Å². The number of carbonyl (C=O) groups is 1. The van der Waals surface area contributed by atoms with Crippen LogP contribution in [0.25, 0.3) is 16.3 Å². The van der Waals surface area contributed by atoms with E-state index in [0.29, 0.717) is 22.8 Å². The molecule has 0 aliphatic rings. The van der Waals surface area contributed by atoms with Crippen molar-refractivity contribution in [1.82, 2.24) is 9.88 Å². The molecule has 33 heavy (non-hydrogen) atoms. The van der Waals surface area contributed by atoms with E-state index in [1.54, 1.807) is 65.8 Å². The van der Waals surface area contributed by atoms with E-state index in [1.807, 2.05) is 24.3 Å². The van der Waals surface area contributed by atoms with Crippen LogP contribution < -0.4 is 4.72 Å². The average molecular weight is 498 g/mol. The summed E-state index contributed by atoms with van der Waals surface area (Å²) in [6, 6.07) is 20.7. The standard InChI is InChI=1S/C24H20ClN3O3S2/c1-28(16-23-26-21-8-4-5-9-22(21)32-23)24(29)15-12-17-10-13-18(14-11-17)33(30,31)27-20-7-3-2-6-19(20)25/h2-15,27H,16H2,1H3. The fourth-order valence-electron chi connectivity index (χ4n) is 3.07. The van der Waals surface area contributed by atoms with Gasteiger partial charge in [0.25, 0.3) is 10.0 Å². The van der Waals surface area contributed by atoms with Gasteiger partial charge in [0.05, 0.1) is 32.4 Å². The van der Waals surface area contributed by atoms with Crippen LogP contribution in [-0.4, -0.2) is 31.3 Å². The number of hydrogen-bond donors (Lipinski definition) is 1. The number of aromatic nitrogens is 1. The number of likely N-dealkylation sites (N-methyl/N-ethyl adjacent to an activating group) is 1. The van der Waals surface area contributed by atoms with Gasteiger partial charge in [-0.3, -0.25) is 9.52 Å². The number of halogens is 1. The van der Waals surface area contributed by atoms with Gasteiger partial charge in [-0.2, -0.15) is 0 Å². The zero-order valence-electron chi connectivity index (χ0n) is 17.6. The first-order valence-electron chi connectivity index (χ1n) is 9.97. The number of benzene rings is 3. The Morgan fingerprint density at radius 3 is 2.48 bits per heavy atom. The summed E-state index contributed by atoms with van der Waals surface area (Å²) in [6.07, 6.45) is 3.11. The van der Waals surface area contributed by atoms with Gasteiger partial charge in [0, 0.05) is 13.1 Å². The number of sulfonamides is 1. The predicted molar refractivity (Wildman–Crippen MR) is 134 cm³/mol. The molecule has 1 aromatic heterocycles. The molecule has 6 nitrogen and oxygen atoms in total. The van der Waals surface area contributed by atoms with Crippen molar-refractivity contribution in [2.24, 2.45) is 0 Å². The Balaban J connectivity index is 1.39. The Morgan fingerprint density at radius 1 is 1.06 bits per heavy atom. The van der Waals surface area contributed by atoms with Crippen molar-refractivity contribution < 1.29 is 13.2 Å². The summed E-state index contributed by atoms with van der Waals surface area (Å²) in [7, 11) is -2.07. The highest BCUT2D eigenvalue weighted by Gasteiger charge is 2.15. The number of para-hydroxylation sites is 2. The third kappa shape index (κ3) is 5.60. The van der Waals surface area contributed by atoms with E-state index in [1.165, 1.54) is 18.2 Å². The Bertz CT molecular complexity index is 1400. The number of thiazole rings is 1. The van der Waals surface area contributed by atoms with E-state index in [2.05, 4.69) is 9.71 Å². The molecule has 4 aromatic rings. The molecule has 0 radical (unpaired) electrons. The number of rotatable bonds is 7. The number of anilines is 1. The average Bonchev–Trinajstić information content (AvgIpc) is 3.21. The molecule has 0 saturated carbocycles. The summed E-state index contributed by atoms with van der Waals surface area (Å²) >= 11 is 7.60. The van der Waals surface area contributed by atoms with E-state index in [0.717, 1.165) is 15.2 Å². The van der Waals surface area contributed by atoms with Crippen LogP contribution in [0.15, 0.2) is 83.8 Å². The molecule has 0 spiro atoms. The molecule has 9 heteroatoms. The smallest absolute Gasteiger partial charge is 0.261 e. The normalized spacial score (nSPS) is 11.7. The number of fused-ring (bicyclic) bond motifs is 1. The van der Waals surface area contributed by atoms with Gasteiger partial charge in [-0.05, 0) is 48.0 Å². The summed E-state index contributed by atoms with van der Waals surface area (Å²) in [4.78, 5) is 18.7. The molecule has 4 rings (SSSR count). The van der Waals surface area contributed by atoms with Crippen LogP contribution in [0.5, 0.6) is 0 Å². The number of nitrogens with zero attached hydrogens (tertiary/aromatic N) is 2. The van der Waals surface area contributed by atoms with Crippen molar-refractivity contribution in [1.29, 1.82) is 0 Å². The number of hydrogen-bond acceptors (Lipinski definition) is 5. The summed E-state index contributed by atoms with van der Waals surface area (Å²) in [5.74, 6) is -0.175. The summed E-state index contributed by atoms with van der Waals surface area (Å²) < 4.78 is 28.8. The second-order valence-corrected chi connectivity index (χ2v) is 10.5. The molecule has 1 amide bonds. The second-order valence-electron chi connectivity index (χ2n) is 7.26.